The first kappa shape index (κ1) is 14.3. The van der Waals surface area contributed by atoms with Crippen LogP contribution in [0, 0.1) is 0 Å². The lowest BCUT2D eigenvalue weighted by Crippen LogP contribution is -2.49. The molecule has 0 aliphatic carbocycles. The van der Waals surface area contributed by atoms with Gasteiger partial charge in [-0.1, -0.05) is 6.92 Å². The van der Waals surface area contributed by atoms with Gasteiger partial charge < -0.3 is 15.0 Å². The Hall–Kier alpha value is -0.160. The van der Waals surface area contributed by atoms with Crippen molar-refractivity contribution in [1.82, 2.24) is 15.1 Å². The first-order valence-electron chi connectivity index (χ1n) is 7.59. The Labute approximate surface area is 112 Å². The van der Waals surface area contributed by atoms with E-state index in [1.807, 2.05) is 0 Å². The molecule has 4 heteroatoms. The average molecular weight is 255 g/mol. The molecule has 4 nitrogen and oxygen atoms in total. The van der Waals surface area contributed by atoms with E-state index in [0.29, 0.717) is 12.1 Å². The SMILES string of the molecule is CCN1CCN(CCNC(C)C2CCCO2)CC1. The highest BCUT2D eigenvalue weighted by Gasteiger charge is 2.22. The Morgan fingerprint density at radius 1 is 1.22 bits per heavy atom. The second-order valence-electron chi connectivity index (χ2n) is 5.57. The molecule has 2 aliphatic rings. The number of ether oxygens (including phenoxy) is 1. The van der Waals surface area contributed by atoms with Crippen LogP contribution in [0.15, 0.2) is 0 Å². The standard InChI is InChI=1S/C14H29N3O/c1-3-16-8-10-17(11-9-16)7-6-15-13(2)14-5-4-12-18-14/h13-15H,3-12H2,1-2H3. The molecule has 2 atom stereocenters. The van der Waals surface area contributed by atoms with Crippen molar-refractivity contribution < 1.29 is 4.74 Å². The van der Waals surface area contributed by atoms with Gasteiger partial charge in [0.1, 0.15) is 0 Å². The van der Waals surface area contributed by atoms with Crippen molar-refractivity contribution in [3.05, 3.63) is 0 Å². The van der Waals surface area contributed by atoms with Crippen LogP contribution in [0.5, 0.6) is 0 Å². The molecule has 2 fully saturated rings. The fourth-order valence-electron chi connectivity index (χ4n) is 2.91. The maximum atomic E-state index is 5.70. The number of nitrogens with one attached hydrogen (secondary N) is 1. The summed E-state index contributed by atoms with van der Waals surface area (Å²) in [4.78, 5) is 5.10. The number of hydrogen-bond donors (Lipinski definition) is 1. The van der Waals surface area contributed by atoms with Gasteiger partial charge >= 0.3 is 0 Å². The van der Waals surface area contributed by atoms with E-state index in [1.165, 1.54) is 52.1 Å². The highest BCUT2D eigenvalue weighted by Crippen LogP contribution is 2.15. The van der Waals surface area contributed by atoms with E-state index in [9.17, 15) is 0 Å². The summed E-state index contributed by atoms with van der Waals surface area (Å²) in [5.41, 5.74) is 0. The van der Waals surface area contributed by atoms with Crippen LogP contribution in [0.4, 0.5) is 0 Å². The van der Waals surface area contributed by atoms with Gasteiger partial charge in [0, 0.05) is 51.9 Å². The minimum absolute atomic E-state index is 0.446. The van der Waals surface area contributed by atoms with Gasteiger partial charge in [-0.25, -0.2) is 0 Å². The summed E-state index contributed by atoms with van der Waals surface area (Å²) < 4.78 is 5.70. The molecule has 1 N–H and O–H groups in total. The molecular formula is C14H29N3O. The molecule has 0 radical (unpaired) electrons. The van der Waals surface area contributed by atoms with Crippen LogP contribution in [-0.4, -0.2) is 74.4 Å². The van der Waals surface area contributed by atoms with Crippen LogP contribution in [0.1, 0.15) is 26.7 Å². The van der Waals surface area contributed by atoms with Crippen LogP contribution in [-0.2, 0) is 4.74 Å². The predicted octanol–water partition coefficient (Wildman–Crippen LogP) is 0.781. The van der Waals surface area contributed by atoms with Crippen LogP contribution in [0.2, 0.25) is 0 Å². The van der Waals surface area contributed by atoms with Gasteiger partial charge in [-0.3, -0.25) is 4.90 Å². The largest absolute Gasteiger partial charge is 0.377 e. The van der Waals surface area contributed by atoms with E-state index in [0.717, 1.165) is 13.2 Å². The molecule has 2 aliphatic heterocycles. The summed E-state index contributed by atoms with van der Waals surface area (Å²) in [5, 5.41) is 3.62. The smallest absolute Gasteiger partial charge is 0.0726 e. The zero-order chi connectivity index (χ0) is 12.8. The van der Waals surface area contributed by atoms with Crippen molar-refractivity contribution in [2.75, 3.05) is 52.4 Å². The zero-order valence-corrected chi connectivity index (χ0v) is 12.0. The minimum Gasteiger partial charge on any atom is -0.377 e. The molecule has 2 unspecified atom stereocenters. The molecule has 18 heavy (non-hydrogen) atoms. The third-order valence-electron chi connectivity index (χ3n) is 4.33. The summed E-state index contributed by atoms with van der Waals surface area (Å²) >= 11 is 0. The zero-order valence-electron chi connectivity index (χ0n) is 12.0. The van der Waals surface area contributed by atoms with Gasteiger partial charge in [0.2, 0.25) is 0 Å². The Balaban J connectivity index is 1.55. The van der Waals surface area contributed by atoms with Crippen molar-refractivity contribution >= 4 is 0 Å². The number of piperazine rings is 1. The van der Waals surface area contributed by atoms with Gasteiger partial charge in [-0.2, -0.15) is 0 Å². The summed E-state index contributed by atoms with van der Waals surface area (Å²) in [6.07, 6.45) is 2.90. The first-order valence-corrected chi connectivity index (χ1v) is 7.59. The van der Waals surface area contributed by atoms with Crippen molar-refractivity contribution in [2.24, 2.45) is 0 Å². The van der Waals surface area contributed by atoms with E-state index in [2.05, 4.69) is 29.0 Å². The molecule has 0 spiro atoms. The lowest BCUT2D eigenvalue weighted by Gasteiger charge is -2.34. The molecule has 0 aromatic rings. The van der Waals surface area contributed by atoms with Gasteiger partial charge in [-0.05, 0) is 26.3 Å². The van der Waals surface area contributed by atoms with E-state index in [4.69, 9.17) is 4.74 Å². The van der Waals surface area contributed by atoms with Gasteiger partial charge in [0.25, 0.3) is 0 Å². The third kappa shape index (κ3) is 4.19. The monoisotopic (exact) mass is 255 g/mol. The third-order valence-corrected chi connectivity index (χ3v) is 4.33. The lowest BCUT2D eigenvalue weighted by atomic mass is 10.1. The number of rotatable bonds is 6. The minimum atomic E-state index is 0.446. The Morgan fingerprint density at radius 2 is 1.94 bits per heavy atom. The molecule has 0 bridgehead atoms. The second kappa shape index (κ2) is 7.43. The predicted molar refractivity (Wildman–Crippen MR) is 75.0 cm³/mol. The van der Waals surface area contributed by atoms with Crippen LogP contribution in [0.25, 0.3) is 0 Å². The molecule has 0 aromatic heterocycles. The topological polar surface area (TPSA) is 27.7 Å². The fraction of sp³-hybridized carbons (Fsp3) is 1.00. The number of hydrogen-bond acceptors (Lipinski definition) is 4. The molecule has 0 amide bonds. The molecular weight excluding hydrogens is 226 g/mol. The quantitative estimate of drug-likeness (QED) is 0.759. The Morgan fingerprint density at radius 3 is 2.56 bits per heavy atom. The number of nitrogens with zero attached hydrogens (tertiary/aromatic N) is 2. The van der Waals surface area contributed by atoms with E-state index in [1.54, 1.807) is 0 Å². The molecule has 2 rings (SSSR count). The second-order valence-corrected chi connectivity index (χ2v) is 5.57. The van der Waals surface area contributed by atoms with Crippen molar-refractivity contribution in [2.45, 2.75) is 38.8 Å². The van der Waals surface area contributed by atoms with E-state index >= 15 is 0 Å². The van der Waals surface area contributed by atoms with Crippen molar-refractivity contribution in [3.8, 4) is 0 Å². The van der Waals surface area contributed by atoms with E-state index in [-0.39, 0.29) is 0 Å². The van der Waals surface area contributed by atoms with E-state index < -0.39 is 0 Å². The van der Waals surface area contributed by atoms with Crippen molar-refractivity contribution in [1.29, 1.82) is 0 Å². The van der Waals surface area contributed by atoms with Gasteiger partial charge in [0.15, 0.2) is 0 Å². The molecule has 0 saturated carbocycles. The summed E-state index contributed by atoms with van der Waals surface area (Å²) in [5.74, 6) is 0. The normalized spacial score (nSPS) is 28.7. The summed E-state index contributed by atoms with van der Waals surface area (Å²) in [7, 11) is 0. The Kier molecular flexibility index (Phi) is 5.89. The number of likely N-dealkylation sites (N-methyl/N-ethyl adjacent to an activating group) is 1. The average Bonchev–Trinajstić information content (AvgIpc) is 2.93. The fourth-order valence-corrected chi connectivity index (χ4v) is 2.91. The molecule has 106 valence electrons. The van der Waals surface area contributed by atoms with Crippen LogP contribution >= 0.6 is 0 Å². The van der Waals surface area contributed by atoms with Crippen LogP contribution in [0.3, 0.4) is 0 Å². The van der Waals surface area contributed by atoms with Crippen molar-refractivity contribution in [3.63, 3.8) is 0 Å². The van der Waals surface area contributed by atoms with Gasteiger partial charge in [0.05, 0.1) is 6.10 Å². The molecule has 2 saturated heterocycles. The molecule has 0 aromatic carbocycles. The van der Waals surface area contributed by atoms with Gasteiger partial charge in [-0.15, -0.1) is 0 Å². The molecule has 2 heterocycles. The summed E-state index contributed by atoms with van der Waals surface area (Å²) in [6.45, 7) is 13.8. The highest BCUT2D eigenvalue weighted by molar-refractivity contribution is 4.78. The maximum Gasteiger partial charge on any atom is 0.0726 e. The maximum absolute atomic E-state index is 5.70. The Bertz CT molecular complexity index is 223. The highest BCUT2D eigenvalue weighted by atomic mass is 16.5. The van der Waals surface area contributed by atoms with Crippen LogP contribution < -0.4 is 5.32 Å². The summed E-state index contributed by atoms with van der Waals surface area (Å²) in [6, 6.07) is 0.504. The lowest BCUT2D eigenvalue weighted by molar-refractivity contribution is 0.0808. The first-order chi connectivity index (χ1) is 8.79.